The third-order valence-corrected chi connectivity index (χ3v) is 8.25. The van der Waals surface area contributed by atoms with Crippen molar-refractivity contribution in [1.82, 2.24) is 36.1 Å². The molecule has 6 heterocycles. The fourth-order valence-electron chi connectivity index (χ4n) is 5.43. The number of carbonyl (C=O) groups is 5. The number of rotatable bonds is 2. The molecule has 1 unspecified atom stereocenters. The summed E-state index contributed by atoms with van der Waals surface area (Å²) < 4.78 is 60.3. The molecule has 4 aliphatic heterocycles. The summed E-state index contributed by atoms with van der Waals surface area (Å²) in [6, 6.07) is 8.33. The van der Waals surface area contributed by atoms with Gasteiger partial charge in [0, 0.05) is 49.1 Å². The van der Waals surface area contributed by atoms with E-state index in [0.717, 1.165) is 12.1 Å². The predicted molar refractivity (Wildman–Crippen MR) is 165 cm³/mol. The molecule has 8 bridgehead atoms. The molecule has 0 saturated heterocycles. The van der Waals surface area contributed by atoms with Crippen LogP contribution in [-0.2, 0) is 17.9 Å². The van der Waals surface area contributed by atoms with Crippen molar-refractivity contribution < 1.29 is 46.4 Å². The second-order valence-corrected chi connectivity index (χ2v) is 11.5. The number of aromatic nitrogens is 2. The molecular weight excluding hydrogens is 674 g/mol. The van der Waals surface area contributed by atoms with Gasteiger partial charge in [-0.3, -0.25) is 19.2 Å². The Hall–Kier alpha value is -5.10. The van der Waals surface area contributed by atoms with E-state index in [-0.39, 0.29) is 54.0 Å². The largest absolute Gasteiger partial charge is 0.357 e. The molecule has 1 aliphatic carbocycles. The van der Waals surface area contributed by atoms with Crippen molar-refractivity contribution in [3.8, 4) is 0 Å². The van der Waals surface area contributed by atoms with Gasteiger partial charge >= 0.3 is 5.97 Å². The Bertz CT molecular complexity index is 1800. The van der Waals surface area contributed by atoms with Gasteiger partial charge in [-0.1, -0.05) is 35.9 Å². The van der Waals surface area contributed by atoms with Crippen LogP contribution in [0.2, 0.25) is 0 Å². The summed E-state index contributed by atoms with van der Waals surface area (Å²) in [7, 11) is 0. The Morgan fingerprint density at radius 3 is 1.63 bits per heavy atom. The third kappa shape index (κ3) is 8.14. The van der Waals surface area contributed by atoms with Gasteiger partial charge in [-0.05, 0) is 37.1 Å². The van der Waals surface area contributed by atoms with Crippen LogP contribution in [0, 0.1) is 23.5 Å². The Morgan fingerprint density at radius 1 is 0.714 bits per heavy atom. The first-order chi connectivity index (χ1) is 23.5. The van der Waals surface area contributed by atoms with Crippen LogP contribution in [0.1, 0.15) is 76.3 Å². The van der Waals surface area contributed by atoms with E-state index in [1.54, 1.807) is 0 Å². The van der Waals surface area contributed by atoms with Crippen molar-refractivity contribution in [2.75, 3.05) is 13.1 Å². The van der Waals surface area contributed by atoms with E-state index >= 15 is 8.78 Å². The van der Waals surface area contributed by atoms with E-state index in [0.29, 0.717) is 0 Å². The minimum atomic E-state index is -2.00. The van der Waals surface area contributed by atoms with Gasteiger partial charge in [0.1, 0.15) is 35.1 Å². The summed E-state index contributed by atoms with van der Waals surface area (Å²) in [5.74, 6) is -8.98. The monoisotopic (exact) mass is 703 g/mol. The van der Waals surface area contributed by atoms with Gasteiger partial charge in [0.25, 0.3) is 23.6 Å². The number of thiol groups is 1. The molecule has 0 spiro atoms. The van der Waals surface area contributed by atoms with Gasteiger partial charge in [0.05, 0.1) is 5.56 Å². The van der Waals surface area contributed by atoms with Gasteiger partial charge in [0.15, 0.2) is 11.6 Å². The van der Waals surface area contributed by atoms with E-state index in [4.69, 9.17) is 0 Å². The average molecular weight is 704 g/mol. The Balaban J connectivity index is 1.44. The fourth-order valence-corrected chi connectivity index (χ4v) is 5.51. The normalized spacial score (nSPS) is 22.1. The molecule has 18 heteroatoms. The second kappa shape index (κ2) is 15.4. The van der Waals surface area contributed by atoms with Gasteiger partial charge in [-0.15, -0.1) is 0 Å². The predicted octanol–water partition coefficient (Wildman–Crippen LogP) is 2.30. The first-order valence-electron chi connectivity index (χ1n) is 14.9. The second-order valence-electron chi connectivity index (χ2n) is 11.3. The molecule has 5 N–H and O–H groups in total. The highest BCUT2D eigenvalue weighted by atomic mass is 32.1. The van der Waals surface area contributed by atoms with Crippen molar-refractivity contribution in [3.05, 3.63) is 93.6 Å². The van der Waals surface area contributed by atoms with Gasteiger partial charge in [-0.2, -0.15) is 0 Å². The summed E-state index contributed by atoms with van der Waals surface area (Å²) in [6.45, 7) is -1.57. The number of benzene rings is 1. The van der Waals surface area contributed by atoms with Crippen LogP contribution < -0.4 is 26.2 Å². The van der Waals surface area contributed by atoms with Crippen LogP contribution in [0.15, 0.2) is 42.5 Å². The van der Waals surface area contributed by atoms with Crippen LogP contribution >= 0.6 is 12.8 Å². The molecular formula is C31H29F4N7O6S. The van der Waals surface area contributed by atoms with Crippen molar-refractivity contribution in [1.29, 1.82) is 0 Å². The number of carbonyl (C=O) groups excluding carboxylic acids is 5. The maximum atomic E-state index is 15.2. The molecule has 4 atom stereocenters. The standard InChI is InChI=1S/C31H29F4N7O6S/c32-23-14-4-6-16(25(23)34)12-38-29(45)21-8-18(31(47)48-42-49)9-22(41-21)30(46)39-13-17-7-5-15(24(33)26(17)35)11-37-28(44)20-3-1-2-19(40-20)27(43)36-10-14/h1-4,6,8-9,15,17,24,26,42,49H,5,7,10-13H2,(H,36,43)(H,37,44)(H,38,45)(H,39,46)/t15-,17+,24+,26?/m1/s1. The lowest BCUT2D eigenvalue weighted by atomic mass is 9.79. The van der Waals surface area contributed by atoms with Crippen molar-refractivity contribution >= 4 is 42.4 Å². The van der Waals surface area contributed by atoms with Gasteiger partial charge in [-0.25, -0.2) is 32.3 Å². The Morgan fingerprint density at radius 2 is 1.14 bits per heavy atom. The highest BCUT2D eigenvalue weighted by Crippen LogP contribution is 2.33. The number of alkyl halides is 2. The number of pyridine rings is 2. The lowest BCUT2D eigenvalue weighted by molar-refractivity contribution is 0.0229. The molecule has 5 aliphatic rings. The van der Waals surface area contributed by atoms with Crippen LogP contribution in [-0.4, -0.2) is 65.0 Å². The van der Waals surface area contributed by atoms with E-state index in [1.807, 2.05) is 4.89 Å². The third-order valence-electron chi connectivity index (χ3n) is 8.16. The number of halogens is 4. The molecule has 4 amide bonds. The summed E-state index contributed by atoms with van der Waals surface area (Å²) in [5.41, 5.74) is -2.16. The van der Waals surface area contributed by atoms with Crippen molar-refractivity contribution in [2.45, 2.75) is 38.3 Å². The lowest BCUT2D eigenvalue weighted by Crippen LogP contribution is -2.46. The first-order valence-corrected chi connectivity index (χ1v) is 15.4. The average Bonchev–Trinajstić information content (AvgIpc) is 3.11. The molecule has 2 aromatic heterocycles. The molecule has 258 valence electrons. The number of nitrogens with one attached hydrogen (secondary N) is 5. The molecule has 1 aromatic carbocycles. The van der Waals surface area contributed by atoms with Gasteiger partial charge < -0.3 is 26.1 Å². The summed E-state index contributed by atoms with van der Waals surface area (Å²) in [4.78, 5) is 78.4. The zero-order valence-corrected chi connectivity index (χ0v) is 26.3. The van der Waals surface area contributed by atoms with E-state index < -0.39 is 89.9 Å². The number of hydrogen-bond donors (Lipinski definition) is 6. The number of amides is 4. The smallest absolute Gasteiger partial charge is 0.356 e. The van der Waals surface area contributed by atoms with E-state index in [1.165, 1.54) is 30.3 Å². The van der Waals surface area contributed by atoms with E-state index in [2.05, 4.69) is 48.9 Å². The molecule has 1 fully saturated rings. The molecule has 13 nitrogen and oxygen atoms in total. The van der Waals surface area contributed by atoms with Crippen molar-refractivity contribution in [2.24, 2.45) is 11.8 Å². The van der Waals surface area contributed by atoms with Crippen LogP contribution in [0.3, 0.4) is 0 Å². The molecule has 3 aromatic rings. The first kappa shape index (κ1) is 35.2. The number of hydrogen-bond acceptors (Lipinski definition) is 10. The minimum absolute atomic E-state index is 0.148. The topological polar surface area (TPSA) is 181 Å². The lowest BCUT2D eigenvalue weighted by Gasteiger charge is -2.35. The minimum Gasteiger partial charge on any atom is -0.356 e. The number of nitrogens with zero attached hydrogens (tertiary/aromatic N) is 2. The molecule has 1 saturated carbocycles. The SMILES string of the molecule is O=C(ONS)c1cc2nc(c1)C(=O)NC[C@@H]1CC[C@H](CNC(=O)c3cccc(n3)C(=O)NCc3ccc(c(F)c3F)CNC2=O)[C@H](F)C1F. The molecule has 49 heavy (non-hydrogen) atoms. The van der Waals surface area contributed by atoms with Crippen LogP contribution in [0.4, 0.5) is 17.6 Å². The quantitative estimate of drug-likeness (QED) is 0.133. The van der Waals surface area contributed by atoms with Crippen molar-refractivity contribution in [3.63, 3.8) is 0 Å². The zero-order valence-electron chi connectivity index (χ0n) is 25.4. The molecule has 0 radical (unpaired) electrons. The maximum absolute atomic E-state index is 15.2. The van der Waals surface area contributed by atoms with Gasteiger partial charge in [0.2, 0.25) is 0 Å². The summed E-state index contributed by atoms with van der Waals surface area (Å²) >= 11 is 3.57. The highest BCUT2D eigenvalue weighted by molar-refractivity contribution is 7.77. The van der Waals surface area contributed by atoms with E-state index in [9.17, 15) is 32.8 Å². The molecule has 8 rings (SSSR count). The zero-order chi connectivity index (χ0) is 35.2. The Labute approximate surface area is 281 Å². The fraction of sp³-hybridized carbons (Fsp3) is 0.323. The summed E-state index contributed by atoms with van der Waals surface area (Å²) in [5, 5.41) is 9.67. The maximum Gasteiger partial charge on any atom is 0.357 e. The van der Waals surface area contributed by atoms with Crippen LogP contribution in [0.25, 0.3) is 0 Å². The highest BCUT2D eigenvalue weighted by Gasteiger charge is 2.40. The summed E-state index contributed by atoms with van der Waals surface area (Å²) in [6.07, 6.45) is -3.68. The van der Waals surface area contributed by atoms with Crippen LogP contribution in [0.5, 0.6) is 0 Å². The Kier molecular flexibility index (Phi) is 11.1.